The van der Waals surface area contributed by atoms with Gasteiger partial charge in [0.1, 0.15) is 5.69 Å². The largest absolute Gasteiger partial charge is 0.396 e. The molecule has 5 nitrogen and oxygen atoms in total. The Bertz CT molecular complexity index is 286. The highest BCUT2D eigenvalue weighted by Gasteiger charge is 2.13. The Labute approximate surface area is 76.9 Å². The second-order valence-electron chi connectivity index (χ2n) is 2.83. The van der Waals surface area contributed by atoms with Crippen LogP contribution in [0.4, 0.5) is 5.69 Å². The van der Waals surface area contributed by atoms with Crippen LogP contribution in [0.15, 0.2) is 6.20 Å². The van der Waals surface area contributed by atoms with Crippen molar-refractivity contribution in [3.63, 3.8) is 0 Å². The molecule has 0 aromatic carbocycles. The maximum Gasteiger partial charge on any atom is 0.271 e. The summed E-state index contributed by atoms with van der Waals surface area (Å²) in [7, 11) is 1.69. The van der Waals surface area contributed by atoms with Crippen LogP contribution < -0.4 is 11.1 Å². The Hall–Kier alpha value is -1.52. The Morgan fingerprint density at radius 3 is 2.92 bits per heavy atom. The molecule has 0 aliphatic carbocycles. The van der Waals surface area contributed by atoms with E-state index in [0.717, 1.165) is 6.42 Å². The fraction of sp³-hybridized carbons (Fsp3) is 0.500. The molecule has 0 atom stereocenters. The Kier molecular flexibility index (Phi) is 2.89. The average Bonchev–Trinajstić information content (AvgIpc) is 2.42. The first-order chi connectivity index (χ1) is 6.16. The molecule has 0 aliphatic heterocycles. The van der Waals surface area contributed by atoms with Gasteiger partial charge < -0.3 is 11.1 Å². The van der Waals surface area contributed by atoms with E-state index >= 15 is 0 Å². The standard InChI is InChI=1S/C8H14N4O/c1-3-4-10-8(13)7-6(9)5-11-12(7)2/h5H,3-4,9H2,1-2H3,(H,10,13). The smallest absolute Gasteiger partial charge is 0.271 e. The fourth-order valence-corrected chi connectivity index (χ4v) is 1.05. The molecular weight excluding hydrogens is 168 g/mol. The molecule has 0 bridgehead atoms. The van der Waals surface area contributed by atoms with Gasteiger partial charge in [-0.3, -0.25) is 9.48 Å². The highest BCUT2D eigenvalue weighted by atomic mass is 16.2. The van der Waals surface area contributed by atoms with E-state index in [1.807, 2.05) is 6.92 Å². The molecule has 1 aromatic rings. The third-order valence-electron chi connectivity index (χ3n) is 1.72. The minimum atomic E-state index is -0.167. The second kappa shape index (κ2) is 3.93. The van der Waals surface area contributed by atoms with Gasteiger partial charge in [0.25, 0.3) is 5.91 Å². The summed E-state index contributed by atoms with van der Waals surface area (Å²) in [4.78, 5) is 11.5. The van der Waals surface area contributed by atoms with Crippen molar-refractivity contribution in [2.45, 2.75) is 13.3 Å². The first-order valence-electron chi connectivity index (χ1n) is 4.22. The number of amides is 1. The monoisotopic (exact) mass is 182 g/mol. The third kappa shape index (κ3) is 1.99. The first-order valence-corrected chi connectivity index (χ1v) is 4.22. The molecular formula is C8H14N4O. The molecule has 0 aliphatic rings. The van der Waals surface area contributed by atoms with Gasteiger partial charge >= 0.3 is 0 Å². The van der Waals surface area contributed by atoms with E-state index in [-0.39, 0.29) is 5.91 Å². The normalized spacial score (nSPS) is 10.0. The fourth-order valence-electron chi connectivity index (χ4n) is 1.05. The molecule has 13 heavy (non-hydrogen) atoms. The van der Waals surface area contributed by atoms with E-state index < -0.39 is 0 Å². The summed E-state index contributed by atoms with van der Waals surface area (Å²) in [6.45, 7) is 2.65. The van der Waals surface area contributed by atoms with Gasteiger partial charge in [-0.1, -0.05) is 6.92 Å². The van der Waals surface area contributed by atoms with Crippen LogP contribution in [-0.4, -0.2) is 22.2 Å². The predicted molar refractivity (Wildman–Crippen MR) is 50.2 cm³/mol. The lowest BCUT2D eigenvalue weighted by molar-refractivity contribution is 0.0945. The van der Waals surface area contributed by atoms with Crippen LogP contribution in [0.3, 0.4) is 0 Å². The van der Waals surface area contributed by atoms with Gasteiger partial charge in [-0.15, -0.1) is 0 Å². The zero-order chi connectivity index (χ0) is 9.84. The number of nitrogens with zero attached hydrogens (tertiary/aromatic N) is 2. The van der Waals surface area contributed by atoms with Crippen molar-refractivity contribution in [1.82, 2.24) is 15.1 Å². The molecule has 0 radical (unpaired) electrons. The molecule has 0 unspecified atom stereocenters. The number of nitrogens with two attached hydrogens (primary N) is 1. The molecule has 0 fully saturated rings. The summed E-state index contributed by atoms with van der Waals surface area (Å²) >= 11 is 0. The zero-order valence-electron chi connectivity index (χ0n) is 7.87. The third-order valence-corrected chi connectivity index (χ3v) is 1.72. The maximum absolute atomic E-state index is 11.5. The molecule has 1 heterocycles. The number of aryl methyl sites for hydroxylation is 1. The zero-order valence-corrected chi connectivity index (χ0v) is 7.87. The molecule has 72 valence electrons. The number of anilines is 1. The van der Waals surface area contributed by atoms with E-state index in [9.17, 15) is 4.79 Å². The molecule has 1 aromatic heterocycles. The van der Waals surface area contributed by atoms with Crippen LogP contribution in [0.2, 0.25) is 0 Å². The van der Waals surface area contributed by atoms with Crippen molar-refractivity contribution in [2.24, 2.45) is 7.05 Å². The van der Waals surface area contributed by atoms with Gasteiger partial charge in [-0.05, 0) is 6.42 Å². The van der Waals surface area contributed by atoms with Crippen LogP contribution in [0.25, 0.3) is 0 Å². The lowest BCUT2D eigenvalue weighted by Crippen LogP contribution is -2.26. The van der Waals surface area contributed by atoms with Crippen LogP contribution in [0.1, 0.15) is 23.8 Å². The highest BCUT2D eigenvalue weighted by Crippen LogP contribution is 2.08. The van der Waals surface area contributed by atoms with Crippen LogP contribution in [0.5, 0.6) is 0 Å². The second-order valence-corrected chi connectivity index (χ2v) is 2.83. The van der Waals surface area contributed by atoms with E-state index in [1.54, 1.807) is 7.05 Å². The Morgan fingerprint density at radius 2 is 2.46 bits per heavy atom. The lowest BCUT2D eigenvalue weighted by atomic mass is 10.3. The van der Waals surface area contributed by atoms with Crippen molar-refractivity contribution in [2.75, 3.05) is 12.3 Å². The topological polar surface area (TPSA) is 72.9 Å². The van der Waals surface area contributed by atoms with Gasteiger partial charge in [0.05, 0.1) is 11.9 Å². The van der Waals surface area contributed by atoms with E-state index in [0.29, 0.717) is 17.9 Å². The summed E-state index contributed by atoms with van der Waals surface area (Å²) in [6, 6.07) is 0. The van der Waals surface area contributed by atoms with Crippen LogP contribution in [-0.2, 0) is 7.05 Å². The number of rotatable bonds is 3. The van der Waals surface area contributed by atoms with Gasteiger partial charge in [0, 0.05) is 13.6 Å². The number of hydrogen-bond donors (Lipinski definition) is 2. The van der Waals surface area contributed by atoms with Gasteiger partial charge in [-0.25, -0.2) is 0 Å². The first kappa shape index (κ1) is 9.57. The summed E-state index contributed by atoms with van der Waals surface area (Å²) in [5, 5.41) is 6.61. The highest BCUT2D eigenvalue weighted by molar-refractivity contribution is 5.97. The van der Waals surface area contributed by atoms with Crippen LogP contribution in [0, 0.1) is 0 Å². The summed E-state index contributed by atoms with van der Waals surface area (Å²) in [5.41, 5.74) is 6.41. The van der Waals surface area contributed by atoms with Crippen molar-refractivity contribution in [3.05, 3.63) is 11.9 Å². The maximum atomic E-state index is 11.5. The minimum Gasteiger partial charge on any atom is -0.396 e. The molecule has 0 spiro atoms. The number of carbonyl (C=O) groups excluding carboxylic acids is 1. The van der Waals surface area contributed by atoms with E-state index in [1.165, 1.54) is 10.9 Å². The van der Waals surface area contributed by atoms with Crippen molar-refractivity contribution in [3.8, 4) is 0 Å². The number of aromatic nitrogens is 2. The van der Waals surface area contributed by atoms with Crippen molar-refractivity contribution < 1.29 is 4.79 Å². The van der Waals surface area contributed by atoms with Crippen molar-refractivity contribution in [1.29, 1.82) is 0 Å². The molecule has 1 rings (SSSR count). The quantitative estimate of drug-likeness (QED) is 0.698. The number of nitrogen functional groups attached to an aromatic ring is 1. The number of carbonyl (C=O) groups is 1. The Morgan fingerprint density at radius 1 is 1.77 bits per heavy atom. The molecule has 0 saturated heterocycles. The molecule has 1 amide bonds. The summed E-state index contributed by atoms with van der Waals surface area (Å²) in [5.74, 6) is -0.167. The van der Waals surface area contributed by atoms with E-state index in [4.69, 9.17) is 5.73 Å². The van der Waals surface area contributed by atoms with Gasteiger partial charge in [0.15, 0.2) is 0 Å². The molecule has 0 saturated carbocycles. The van der Waals surface area contributed by atoms with Gasteiger partial charge in [-0.2, -0.15) is 5.10 Å². The SMILES string of the molecule is CCCNC(=O)c1c(N)cnn1C. The summed E-state index contributed by atoms with van der Waals surface area (Å²) in [6.07, 6.45) is 2.38. The van der Waals surface area contributed by atoms with E-state index in [2.05, 4.69) is 10.4 Å². The van der Waals surface area contributed by atoms with Gasteiger partial charge in [0.2, 0.25) is 0 Å². The lowest BCUT2D eigenvalue weighted by Gasteiger charge is -2.04. The van der Waals surface area contributed by atoms with Crippen LogP contribution >= 0.6 is 0 Å². The number of nitrogens with one attached hydrogen (secondary N) is 1. The minimum absolute atomic E-state index is 0.167. The summed E-state index contributed by atoms with van der Waals surface area (Å²) < 4.78 is 1.47. The predicted octanol–water partition coefficient (Wildman–Crippen LogP) is 0.142. The Balaban J connectivity index is 2.76. The average molecular weight is 182 g/mol. The van der Waals surface area contributed by atoms with Crippen molar-refractivity contribution >= 4 is 11.6 Å². The number of hydrogen-bond acceptors (Lipinski definition) is 3. The molecule has 5 heteroatoms. The molecule has 3 N–H and O–H groups in total.